The Hall–Kier alpha value is -3.30. The topological polar surface area (TPSA) is 92.4 Å². The molecule has 0 aliphatic carbocycles. The van der Waals surface area contributed by atoms with Crippen LogP contribution >= 0.6 is 0 Å². The maximum Gasteiger partial charge on any atom is 0.258 e. The van der Waals surface area contributed by atoms with Crippen molar-refractivity contribution in [3.05, 3.63) is 76.5 Å². The molecule has 2 aliphatic heterocycles. The normalized spacial score (nSPS) is 23.0. The Labute approximate surface area is 209 Å². The summed E-state index contributed by atoms with van der Waals surface area (Å²) in [5, 5.41) is 13.5. The molecular formula is C27H32FN5O3. The SMILES string of the molecule is CCCN1[C@@H]2c3ccc(-c4ccc(F)cc4)c(=O)n3C[C@H]1[C@H](CO)[C@H]2C(=O)NCCc1cn(C)cn1. The number of halogens is 1. The summed E-state index contributed by atoms with van der Waals surface area (Å²) in [6.45, 7) is 3.59. The molecule has 1 amide bonds. The van der Waals surface area contributed by atoms with Gasteiger partial charge in [0.25, 0.3) is 5.56 Å². The van der Waals surface area contributed by atoms with Crippen LogP contribution in [0.4, 0.5) is 4.39 Å². The number of aliphatic hydroxyl groups excluding tert-OH is 1. The molecular weight excluding hydrogens is 461 g/mol. The molecule has 2 bridgehead atoms. The van der Waals surface area contributed by atoms with Gasteiger partial charge in [0.15, 0.2) is 0 Å². The number of carbonyl (C=O) groups excluding carboxylic acids is 1. The number of aliphatic hydroxyl groups is 1. The summed E-state index contributed by atoms with van der Waals surface area (Å²) >= 11 is 0. The Kier molecular flexibility index (Phi) is 6.77. The van der Waals surface area contributed by atoms with E-state index in [9.17, 15) is 19.1 Å². The third kappa shape index (κ3) is 4.26. The van der Waals surface area contributed by atoms with Gasteiger partial charge in [0.2, 0.25) is 5.91 Å². The van der Waals surface area contributed by atoms with Crippen LogP contribution < -0.4 is 10.9 Å². The number of rotatable bonds is 8. The molecule has 2 aliphatic rings. The van der Waals surface area contributed by atoms with E-state index in [2.05, 4.69) is 22.1 Å². The van der Waals surface area contributed by atoms with E-state index in [4.69, 9.17) is 0 Å². The number of hydrogen-bond acceptors (Lipinski definition) is 5. The van der Waals surface area contributed by atoms with E-state index < -0.39 is 5.92 Å². The first-order chi connectivity index (χ1) is 17.4. The molecule has 190 valence electrons. The fraction of sp³-hybridized carbons (Fsp3) is 0.444. The van der Waals surface area contributed by atoms with E-state index in [0.29, 0.717) is 30.6 Å². The Morgan fingerprint density at radius 1 is 1.22 bits per heavy atom. The number of fused-ring (bicyclic) bond motifs is 4. The molecule has 0 saturated carbocycles. The van der Waals surface area contributed by atoms with Gasteiger partial charge in [-0.3, -0.25) is 14.5 Å². The van der Waals surface area contributed by atoms with Gasteiger partial charge in [-0.05, 0) is 42.8 Å². The Morgan fingerprint density at radius 3 is 2.67 bits per heavy atom. The van der Waals surface area contributed by atoms with Crippen molar-refractivity contribution in [1.82, 2.24) is 24.3 Å². The minimum absolute atomic E-state index is 0.109. The van der Waals surface area contributed by atoms with Crippen LogP contribution in [0.1, 0.15) is 30.8 Å². The van der Waals surface area contributed by atoms with Crippen molar-refractivity contribution in [3.8, 4) is 11.1 Å². The minimum atomic E-state index is -0.472. The van der Waals surface area contributed by atoms with Crippen LogP contribution in [0.5, 0.6) is 0 Å². The zero-order valence-corrected chi connectivity index (χ0v) is 20.6. The summed E-state index contributed by atoms with van der Waals surface area (Å²) in [6, 6.07) is 9.16. The predicted molar refractivity (Wildman–Crippen MR) is 134 cm³/mol. The number of pyridine rings is 1. The van der Waals surface area contributed by atoms with Crippen LogP contribution in [0, 0.1) is 17.7 Å². The van der Waals surface area contributed by atoms with Gasteiger partial charge in [-0.1, -0.05) is 19.1 Å². The number of nitrogens with zero attached hydrogens (tertiary/aromatic N) is 4. The Balaban J connectivity index is 1.46. The first-order valence-electron chi connectivity index (χ1n) is 12.5. The van der Waals surface area contributed by atoms with Crippen LogP contribution in [0.15, 0.2) is 53.7 Å². The first kappa shape index (κ1) is 24.4. The van der Waals surface area contributed by atoms with Gasteiger partial charge in [-0.2, -0.15) is 0 Å². The fourth-order valence-corrected chi connectivity index (χ4v) is 5.97. The second kappa shape index (κ2) is 9.99. The standard InChI is InChI=1S/C27H32FN5O3/c1-3-12-32-23-14-33-22(9-8-20(27(33)36)17-4-6-18(28)7-5-17)25(32)24(21(23)15-34)26(35)29-11-10-19-13-31(2)16-30-19/h4-9,13,16,21,23-25,34H,3,10-12,14-15H2,1-2H3,(H,29,35)/t21-,23-,24+,25+/m0/s1. The first-order valence-corrected chi connectivity index (χ1v) is 12.5. The van der Waals surface area contributed by atoms with Crippen molar-refractivity contribution < 1.29 is 14.3 Å². The van der Waals surface area contributed by atoms with Crippen LogP contribution in [-0.2, 0) is 24.8 Å². The quantitative estimate of drug-likeness (QED) is 0.502. The van der Waals surface area contributed by atoms with Crippen molar-refractivity contribution in [2.24, 2.45) is 18.9 Å². The highest BCUT2D eigenvalue weighted by Gasteiger charge is 2.55. The highest BCUT2D eigenvalue weighted by atomic mass is 19.1. The van der Waals surface area contributed by atoms with Gasteiger partial charge < -0.3 is 19.6 Å². The molecule has 8 nitrogen and oxygen atoms in total. The van der Waals surface area contributed by atoms with E-state index >= 15 is 0 Å². The number of carbonyl (C=O) groups is 1. The maximum absolute atomic E-state index is 13.6. The summed E-state index contributed by atoms with van der Waals surface area (Å²) in [5.41, 5.74) is 2.69. The number of nitrogens with one attached hydrogen (secondary N) is 1. The van der Waals surface area contributed by atoms with Crippen LogP contribution in [0.3, 0.4) is 0 Å². The number of aromatic nitrogens is 3. The maximum atomic E-state index is 13.6. The molecule has 1 saturated heterocycles. The second-order valence-electron chi connectivity index (χ2n) is 9.79. The van der Waals surface area contributed by atoms with Crippen molar-refractivity contribution in [2.75, 3.05) is 19.7 Å². The van der Waals surface area contributed by atoms with Crippen LogP contribution in [-0.4, -0.2) is 55.8 Å². The molecule has 0 radical (unpaired) electrons. The average molecular weight is 494 g/mol. The number of imidazole rings is 1. The molecule has 5 rings (SSSR count). The second-order valence-corrected chi connectivity index (χ2v) is 9.79. The van der Waals surface area contributed by atoms with E-state index in [1.54, 1.807) is 29.1 Å². The lowest BCUT2D eigenvalue weighted by Crippen LogP contribution is -2.47. The Morgan fingerprint density at radius 2 is 2.00 bits per heavy atom. The van der Waals surface area contributed by atoms with Gasteiger partial charge >= 0.3 is 0 Å². The van der Waals surface area contributed by atoms with Crippen molar-refractivity contribution >= 4 is 5.91 Å². The number of benzene rings is 1. The van der Waals surface area contributed by atoms with E-state index in [1.807, 2.05) is 23.9 Å². The van der Waals surface area contributed by atoms with E-state index in [-0.39, 0.29) is 41.9 Å². The summed E-state index contributed by atoms with van der Waals surface area (Å²) in [7, 11) is 1.91. The molecule has 2 aromatic heterocycles. The number of aryl methyl sites for hydroxylation is 1. The molecule has 3 aromatic rings. The predicted octanol–water partition coefficient (Wildman–Crippen LogP) is 2.12. The van der Waals surface area contributed by atoms with E-state index in [1.165, 1.54) is 12.1 Å². The number of hydrogen-bond donors (Lipinski definition) is 2. The highest BCUT2D eigenvalue weighted by Crippen LogP contribution is 2.48. The molecule has 0 spiro atoms. The molecule has 0 unspecified atom stereocenters. The van der Waals surface area contributed by atoms with Gasteiger partial charge in [-0.25, -0.2) is 9.37 Å². The summed E-state index contributed by atoms with van der Waals surface area (Å²) in [4.78, 5) is 33.7. The summed E-state index contributed by atoms with van der Waals surface area (Å²) < 4.78 is 17.1. The lowest BCUT2D eigenvalue weighted by molar-refractivity contribution is -0.127. The molecule has 9 heteroatoms. The lowest BCUT2D eigenvalue weighted by Gasteiger charge is -2.38. The minimum Gasteiger partial charge on any atom is -0.396 e. The monoisotopic (exact) mass is 493 g/mol. The van der Waals surface area contributed by atoms with Gasteiger partial charge in [-0.15, -0.1) is 0 Å². The van der Waals surface area contributed by atoms with Crippen molar-refractivity contribution in [1.29, 1.82) is 0 Å². The molecule has 36 heavy (non-hydrogen) atoms. The fourth-order valence-electron chi connectivity index (χ4n) is 5.97. The van der Waals surface area contributed by atoms with E-state index in [0.717, 1.165) is 24.4 Å². The average Bonchev–Trinajstić information content (AvgIpc) is 3.37. The van der Waals surface area contributed by atoms with Gasteiger partial charge in [0.05, 0.1) is 24.0 Å². The third-order valence-corrected chi connectivity index (χ3v) is 7.55. The Bertz CT molecular complexity index is 1300. The smallest absolute Gasteiger partial charge is 0.258 e. The molecule has 1 fully saturated rings. The lowest BCUT2D eigenvalue weighted by atomic mass is 9.86. The van der Waals surface area contributed by atoms with Crippen molar-refractivity contribution in [2.45, 2.75) is 38.4 Å². The van der Waals surface area contributed by atoms with Gasteiger partial charge in [0.1, 0.15) is 5.82 Å². The summed E-state index contributed by atoms with van der Waals surface area (Å²) in [5.74, 6) is -1.22. The van der Waals surface area contributed by atoms with Gasteiger partial charge in [0, 0.05) is 62.6 Å². The molecule has 4 atom stereocenters. The zero-order valence-electron chi connectivity index (χ0n) is 20.6. The van der Waals surface area contributed by atoms with Crippen LogP contribution in [0.2, 0.25) is 0 Å². The third-order valence-electron chi connectivity index (χ3n) is 7.55. The molecule has 1 aromatic carbocycles. The van der Waals surface area contributed by atoms with Crippen molar-refractivity contribution in [3.63, 3.8) is 0 Å². The molecule has 2 N–H and O–H groups in total. The highest BCUT2D eigenvalue weighted by molar-refractivity contribution is 5.80. The largest absolute Gasteiger partial charge is 0.396 e. The van der Waals surface area contributed by atoms with Crippen LogP contribution in [0.25, 0.3) is 11.1 Å². The zero-order chi connectivity index (χ0) is 25.4. The summed E-state index contributed by atoms with van der Waals surface area (Å²) in [6.07, 6.45) is 5.18. The molecule has 4 heterocycles. The number of amides is 1.